The van der Waals surface area contributed by atoms with Crippen molar-refractivity contribution in [1.82, 2.24) is 14.2 Å². The largest absolute Gasteiger partial charge is 0.360 e. The molecule has 1 aromatic heterocycles. The van der Waals surface area contributed by atoms with Crippen molar-refractivity contribution in [2.75, 3.05) is 19.6 Å². The van der Waals surface area contributed by atoms with Crippen LogP contribution in [0.4, 0.5) is 0 Å². The van der Waals surface area contributed by atoms with Crippen LogP contribution in [-0.2, 0) is 10.0 Å². The number of fused-ring (bicyclic) bond motifs is 1. The molecule has 1 fully saturated rings. The summed E-state index contributed by atoms with van der Waals surface area (Å²) in [6.45, 7) is 2.66. The number of carbonyl (C=O) groups excluding carboxylic acids is 1. The van der Waals surface area contributed by atoms with Crippen LogP contribution in [-0.4, -0.2) is 54.2 Å². The maximum atomic E-state index is 13.3. The van der Waals surface area contributed by atoms with E-state index in [1.165, 1.54) is 10.5 Å². The topological polar surface area (TPSA) is 97.3 Å². The third-order valence-electron chi connectivity index (χ3n) is 5.23. The molecule has 1 saturated heterocycles. The number of nitriles is 1. The van der Waals surface area contributed by atoms with Crippen LogP contribution in [0.1, 0.15) is 22.8 Å². The number of hydrogen-bond acceptors (Lipinski definition) is 4. The maximum absolute atomic E-state index is 13.3. The van der Waals surface area contributed by atoms with Crippen LogP contribution in [0.2, 0.25) is 0 Å². The lowest BCUT2D eigenvalue weighted by Gasteiger charge is -2.38. The predicted molar refractivity (Wildman–Crippen MR) is 109 cm³/mol. The van der Waals surface area contributed by atoms with Crippen LogP contribution in [0, 0.1) is 11.3 Å². The van der Waals surface area contributed by atoms with Gasteiger partial charge in [-0.1, -0.05) is 18.2 Å². The number of piperazine rings is 1. The van der Waals surface area contributed by atoms with E-state index in [0.29, 0.717) is 35.1 Å². The van der Waals surface area contributed by atoms with Crippen molar-refractivity contribution in [3.8, 4) is 6.07 Å². The van der Waals surface area contributed by atoms with Gasteiger partial charge < -0.3 is 9.88 Å². The third-order valence-corrected chi connectivity index (χ3v) is 7.29. The van der Waals surface area contributed by atoms with Crippen LogP contribution in [0.3, 0.4) is 0 Å². The van der Waals surface area contributed by atoms with Crippen molar-refractivity contribution >= 4 is 26.8 Å². The number of benzene rings is 2. The summed E-state index contributed by atoms with van der Waals surface area (Å²) in [5, 5.41) is 9.64. The fraction of sp³-hybridized carbons (Fsp3) is 0.238. The van der Waals surface area contributed by atoms with E-state index in [-0.39, 0.29) is 23.4 Å². The predicted octanol–water partition coefficient (Wildman–Crippen LogP) is 2.57. The number of nitrogens with zero attached hydrogens (tertiary/aromatic N) is 3. The minimum Gasteiger partial charge on any atom is -0.360 e. The maximum Gasteiger partial charge on any atom is 0.253 e. The van der Waals surface area contributed by atoms with Crippen LogP contribution in [0.15, 0.2) is 59.6 Å². The number of hydrogen-bond donors (Lipinski definition) is 1. The Morgan fingerprint density at radius 2 is 1.93 bits per heavy atom. The molecule has 8 heteroatoms. The molecule has 0 bridgehead atoms. The zero-order chi connectivity index (χ0) is 20.6. The molecular formula is C21H20N4O3S. The molecule has 2 aromatic carbocycles. The molecule has 29 heavy (non-hydrogen) atoms. The summed E-state index contributed by atoms with van der Waals surface area (Å²) < 4.78 is 28.1. The molecule has 2 heterocycles. The number of amides is 1. The Hall–Kier alpha value is -3.15. The van der Waals surface area contributed by atoms with E-state index in [1.807, 2.05) is 24.3 Å². The van der Waals surface area contributed by atoms with Crippen molar-refractivity contribution < 1.29 is 13.2 Å². The number of aromatic nitrogens is 1. The van der Waals surface area contributed by atoms with E-state index in [0.717, 1.165) is 0 Å². The standard InChI is InChI=1S/C21H20N4O3S/c1-15-14-24(21(26)17-5-3-2-4-6-17)9-10-25(15)29(27,28)20-13-23-19-8-7-16(12-22)11-18(19)20/h2-8,11,13,15,23H,9-10,14H2,1H3/t15-/m1/s1. The molecule has 1 atom stereocenters. The van der Waals surface area contributed by atoms with Gasteiger partial charge in [-0.3, -0.25) is 4.79 Å². The second kappa shape index (κ2) is 7.35. The lowest BCUT2D eigenvalue weighted by molar-refractivity contribution is 0.0642. The number of nitrogens with one attached hydrogen (secondary N) is 1. The number of rotatable bonds is 3. The molecule has 0 aliphatic carbocycles. The average molecular weight is 408 g/mol. The van der Waals surface area contributed by atoms with Gasteiger partial charge in [-0.05, 0) is 37.3 Å². The Kier molecular flexibility index (Phi) is 4.86. The first-order valence-corrected chi connectivity index (χ1v) is 10.7. The van der Waals surface area contributed by atoms with Gasteiger partial charge >= 0.3 is 0 Å². The summed E-state index contributed by atoms with van der Waals surface area (Å²) in [6.07, 6.45) is 1.47. The molecule has 0 spiro atoms. The molecule has 3 aromatic rings. The number of aromatic amines is 1. The van der Waals surface area contributed by atoms with E-state index >= 15 is 0 Å². The van der Waals surface area contributed by atoms with Gasteiger partial charge in [0.05, 0.1) is 11.6 Å². The Bertz CT molecular complexity index is 1210. The first-order chi connectivity index (χ1) is 13.9. The molecule has 4 rings (SSSR count). The smallest absolute Gasteiger partial charge is 0.253 e. The summed E-state index contributed by atoms with van der Waals surface area (Å²) >= 11 is 0. The lowest BCUT2D eigenvalue weighted by Crippen LogP contribution is -2.55. The van der Waals surface area contributed by atoms with E-state index in [1.54, 1.807) is 42.2 Å². The Morgan fingerprint density at radius 1 is 1.17 bits per heavy atom. The lowest BCUT2D eigenvalue weighted by atomic mass is 10.1. The van der Waals surface area contributed by atoms with Crippen LogP contribution >= 0.6 is 0 Å². The summed E-state index contributed by atoms with van der Waals surface area (Å²) in [5.74, 6) is -0.0970. The second-order valence-electron chi connectivity index (χ2n) is 7.11. The van der Waals surface area contributed by atoms with Gasteiger partial charge in [-0.25, -0.2) is 8.42 Å². The fourth-order valence-electron chi connectivity index (χ4n) is 3.75. The summed E-state index contributed by atoms with van der Waals surface area (Å²) in [5.41, 5.74) is 1.66. The van der Waals surface area contributed by atoms with Crippen LogP contribution in [0.5, 0.6) is 0 Å². The van der Waals surface area contributed by atoms with Gasteiger partial charge in [0.15, 0.2) is 0 Å². The normalized spacial score (nSPS) is 17.9. The number of sulfonamides is 1. The molecule has 0 saturated carbocycles. The number of carbonyl (C=O) groups is 1. The van der Waals surface area contributed by atoms with Crippen LogP contribution < -0.4 is 0 Å². The first-order valence-electron chi connectivity index (χ1n) is 9.29. The summed E-state index contributed by atoms with van der Waals surface area (Å²) in [4.78, 5) is 17.5. The van der Waals surface area contributed by atoms with Crippen LogP contribution in [0.25, 0.3) is 10.9 Å². The summed E-state index contributed by atoms with van der Waals surface area (Å²) in [7, 11) is -3.78. The van der Waals surface area contributed by atoms with Crippen molar-refractivity contribution in [3.63, 3.8) is 0 Å². The molecule has 1 N–H and O–H groups in total. The van der Waals surface area contributed by atoms with Crippen molar-refractivity contribution in [2.24, 2.45) is 0 Å². The highest BCUT2D eigenvalue weighted by atomic mass is 32.2. The molecular weight excluding hydrogens is 388 g/mol. The second-order valence-corrected chi connectivity index (χ2v) is 8.97. The summed E-state index contributed by atoms with van der Waals surface area (Å²) in [6, 6.07) is 15.6. The van der Waals surface area contributed by atoms with Gasteiger partial charge in [0.1, 0.15) is 4.90 Å². The zero-order valence-electron chi connectivity index (χ0n) is 15.9. The SMILES string of the molecule is C[C@@H]1CN(C(=O)c2ccccc2)CCN1S(=O)(=O)c1c[nH]c2ccc(C#N)cc12. The Balaban J connectivity index is 1.60. The van der Waals surface area contributed by atoms with E-state index in [4.69, 9.17) is 5.26 Å². The average Bonchev–Trinajstić information content (AvgIpc) is 3.17. The molecule has 1 aliphatic rings. The molecule has 0 unspecified atom stereocenters. The highest BCUT2D eigenvalue weighted by Gasteiger charge is 2.36. The van der Waals surface area contributed by atoms with Gasteiger partial charge in [0.25, 0.3) is 5.91 Å². The van der Waals surface area contributed by atoms with Crippen molar-refractivity contribution in [3.05, 3.63) is 65.9 Å². The van der Waals surface area contributed by atoms with E-state index in [9.17, 15) is 13.2 Å². The van der Waals surface area contributed by atoms with Gasteiger partial charge in [-0.2, -0.15) is 9.57 Å². The minimum atomic E-state index is -3.78. The van der Waals surface area contributed by atoms with Gasteiger partial charge in [0.2, 0.25) is 10.0 Å². The third kappa shape index (κ3) is 3.39. The van der Waals surface area contributed by atoms with Gasteiger partial charge in [-0.15, -0.1) is 0 Å². The molecule has 0 radical (unpaired) electrons. The minimum absolute atomic E-state index is 0.0970. The van der Waals surface area contributed by atoms with E-state index in [2.05, 4.69) is 4.98 Å². The molecule has 7 nitrogen and oxygen atoms in total. The Labute approximate surface area is 169 Å². The molecule has 1 aliphatic heterocycles. The van der Waals surface area contributed by atoms with Gasteiger partial charge in [0, 0.05) is 48.3 Å². The van der Waals surface area contributed by atoms with Crippen molar-refractivity contribution in [1.29, 1.82) is 5.26 Å². The van der Waals surface area contributed by atoms with E-state index < -0.39 is 10.0 Å². The number of H-pyrrole nitrogens is 1. The molecule has 148 valence electrons. The monoisotopic (exact) mass is 408 g/mol. The first kappa shape index (κ1) is 19.2. The fourth-order valence-corrected chi connectivity index (χ4v) is 5.52. The quantitative estimate of drug-likeness (QED) is 0.720. The Morgan fingerprint density at radius 3 is 2.62 bits per heavy atom. The zero-order valence-corrected chi connectivity index (χ0v) is 16.7. The highest BCUT2D eigenvalue weighted by molar-refractivity contribution is 7.89. The highest BCUT2D eigenvalue weighted by Crippen LogP contribution is 2.29. The van der Waals surface area contributed by atoms with Crippen molar-refractivity contribution in [2.45, 2.75) is 17.9 Å². The molecule has 1 amide bonds.